The maximum atomic E-state index is 11.5. The minimum atomic E-state index is 0.210. The number of amides is 1. The van der Waals surface area contributed by atoms with Gasteiger partial charge < -0.3 is 15.4 Å². The third kappa shape index (κ3) is 2.92. The van der Waals surface area contributed by atoms with E-state index in [2.05, 4.69) is 10.6 Å². The lowest BCUT2D eigenvalue weighted by molar-refractivity contribution is -0.125. The molecule has 1 heterocycles. The fourth-order valence-electron chi connectivity index (χ4n) is 2.15. The number of carbonyl (C=O) groups excluding carboxylic acids is 1. The van der Waals surface area contributed by atoms with Gasteiger partial charge in [-0.15, -0.1) is 0 Å². The summed E-state index contributed by atoms with van der Waals surface area (Å²) in [5.74, 6) is 0.760. The van der Waals surface area contributed by atoms with Gasteiger partial charge in [0.25, 0.3) is 0 Å². The highest BCUT2D eigenvalue weighted by molar-refractivity contribution is 5.76. The Morgan fingerprint density at radius 3 is 2.73 bits per heavy atom. The van der Waals surface area contributed by atoms with Gasteiger partial charge in [0.15, 0.2) is 0 Å². The number of hydrogen-bond donors (Lipinski definition) is 2. The minimum Gasteiger partial charge on any atom is -0.378 e. The third-order valence-corrected chi connectivity index (χ3v) is 3.22. The maximum absolute atomic E-state index is 11.5. The topological polar surface area (TPSA) is 50.4 Å². The summed E-state index contributed by atoms with van der Waals surface area (Å²) >= 11 is 0. The van der Waals surface area contributed by atoms with Crippen molar-refractivity contribution in [2.75, 3.05) is 19.7 Å². The Kier molecular flexibility index (Phi) is 3.59. The zero-order chi connectivity index (χ0) is 10.7. The van der Waals surface area contributed by atoms with Crippen molar-refractivity contribution < 1.29 is 9.53 Å². The van der Waals surface area contributed by atoms with Gasteiger partial charge in [0.1, 0.15) is 0 Å². The van der Waals surface area contributed by atoms with Gasteiger partial charge in [-0.25, -0.2) is 0 Å². The van der Waals surface area contributed by atoms with Crippen molar-refractivity contribution >= 4 is 5.91 Å². The maximum Gasteiger partial charge on any atom is 0.220 e. The first-order chi connectivity index (χ1) is 7.28. The molecular formula is C11H20N2O2. The van der Waals surface area contributed by atoms with Crippen molar-refractivity contribution in [1.29, 1.82) is 0 Å². The lowest BCUT2D eigenvalue weighted by Crippen LogP contribution is -2.57. The summed E-state index contributed by atoms with van der Waals surface area (Å²) in [4.78, 5) is 11.5. The number of rotatable bonds is 5. The van der Waals surface area contributed by atoms with Crippen LogP contribution in [0.4, 0.5) is 0 Å². The van der Waals surface area contributed by atoms with E-state index in [-0.39, 0.29) is 5.91 Å². The molecule has 0 radical (unpaired) electrons. The van der Waals surface area contributed by atoms with Crippen LogP contribution in [0.25, 0.3) is 0 Å². The Balaban J connectivity index is 1.56. The largest absolute Gasteiger partial charge is 0.378 e. The molecule has 0 aromatic heterocycles. The molecule has 0 aromatic rings. The number of ether oxygens (including phenoxy) is 1. The molecule has 86 valence electrons. The van der Waals surface area contributed by atoms with Gasteiger partial charge in [0.05, 0.1) is 12.1 Å². The van der Waals surface area contributed by atoms with E-state index in [0.717, 1.165) is 32.5 Å². The molecule has 1 aliphatic carbocycles. The molecular weight excluding hydrogens is 192 g/mol. The lowest BCUT2D eigenvalue weighted by atomic mass is 9.80. The Labute approximate surface area is 90.8 Å². The molecule has 0 atom stereocenters. The quantitative estimate of drug-likeness (QED) is 0.688. The van der Waals surface area contributed by atoms with E-state index in [4.69, 9.17) is 4.74 Å². The second-order valence-electron chi connectivity index (χ2n) is 4.54. The molecule has 1 saturated heterocycles. The summed E-state index contributed by atoms with van der Waals surface area (Å²) in [6.45, 7) is 4.66. The van der Waals surface area contributed by atoms with Crippen LogP contribution in [0.3, 0.4) is 0 Å². The first-order valence-electron chi connectivity index (χ1n) is 5.89. The van der Waals surface area contributed by atoms with Crippen LogP contribution in [0.1, 0.15) is 26.2 Å². The fourth-order valence-corrected chi connectivity index (χ4v) is 2.15. The fraction of sp³-hybridized carbons (Fsp3) is 0.909. The molecule has 4 heteroatoms. The summed E-state index contributed by atoms with van der Waals surface area (Å²) in [5, 5.41) is 6.16. The average Bonchev–Trinajstić information content (AvgIpc) is 2.08. The van der Waals surface area contributed by atoms with Crippen LogP contribution in [0, 0.1) is 5.92 Å². The van der Waals surface area contributed by atoms with E-state index >= 15 is 0 Å². The normalized spacial score (nSPS) is 30.5. The Hall–Kier alpha value is -0.610. The van der Waals surface area contributed by atoms with E-state index in [1.54, 1.807) is 0 Å². The van der Waals surface area contributed by atoms with Gasteiger partial charge in [0.2, 0.25) is 5.91 Å². The van der Waals surface area contributed by atoms with Gasteiger partial charge in [0, 0.05) is 26.1 Å². The molecule has 2 aliphatic rings. The molecule has 2 fully saturated rings. The standard InChI is InChI=1S/C11H20N2O2/c1-2-15-10-3-8(4-10)5-11(14)13-9-6-12-7-9/h8-10,12H,2-7H2,1H3,(H,13,14). The van der Waals surface area contributed by atoms with Gasteiger partial charge >= 0.3 is 0 Å². The summed E-state index contributed by atoms with van der Waals surface area (Å²) in [5.41, 5.74) is 0. The summed E-state index contributed by atoms with van der Waals surface area (Å²) in [7, 11) is 0. The van der Waals surface area contributed by atoms with E-state index in [1.807, 2.05) is 6.92 Å². The molecule has 0 unspecified atom stereocenters. The van der Waals surface area contributed by atoms with Crippen LogP contribution in [0.15, 0.2) is 0 Å². The zero-order valence-corrected chi connectivity index (χ0v) is 9.29. The summed E-state index contributed by atoms with van der Waals surface area (Å²) in [6, 6.07) is 0.375. The van der Waals surface area contributed by atoms with Crippen molar-refractivity contribution in [1.82, 2.24) is 10.6 Å². The monoisotopic (exact) mass is 212 g/mol. The second kappa shape index (κ2) is 4.94. The predicted molar refractivity (Wildman–Crippen MR) is 57.6 cm³/mol. The van der Waals surface area contributed by atoms with Crippen LogP contribution in [0.5, 0.6) is 0 Å². The van der Waals surface area contributed by atoms with Crippen molar-refractivity contribution in [3.8, 4) is 0 Å². The van der Waals surface area contributed by atoms with E-state index < -0.39 is 0 Å². The van der Waals surface area contributed by atoms with Crippen LogP contribution in [-0.2, 0) is 9.53 Å². The second-order valence-corrected chi connectivity index (χ2v) is 4.54. The molecule has 0 aromatic carbocycles. The molecule has 15 heavy (non-hydrogen) atoms. The Bertz CT molecular complexity index is 223. The lowest BCUT2D eigenvalue weighted by Gasteiger charge is -2.35. The van der Waals surface area contributed by atoms with Gasteiger partial charge in [-0.3, -0.25) is 4.79 Å². The number of hydrogen-bond acceptors (Lipinski definition) is 3. The highest BCUT2D eigenvalue weighted by atomic mass is 16.5. The molecule has 1 aliphatic heterocycles. The number of carbonyl (C=O) groups is 1. The Morgan fingerprint density at radius 2 is 2.20 bits per heavy atom. The van der Waals surface area contributed by atoms with Crippen molar-refractivity contribution in [2.24, 2.45) is 5.92 Å². The first kappa shape index (κ1) is 10.9. The number of nitrogens with one attached hydrogen (secondary N) is 2. The van der Waals surface area contributed by atoms with Crippen LogP contribution in [-0.4, -0.2) is 37.7 Å². The SMILES string of the molecule is CCOC1CC(CC(=O)NC2CNC2)C1. The van der Waals surface area contributed by atoms with Crippen molar-refractivity contribution in [3.05, 3.63) is 0 Å². The molecule has 0 bridgehead atoms. The van der Waals surface area contributed by atoms with Crippen LogP contribution >= 0.6 is 0 Å². The summed E-state index contributed by atoms with van der Waals surface area (Å²) < 4.78 is 5.46. The van der Waals surface area contributed by atoms with Crippen LogP contribution in [0.2, 0.25) is 0 Å². The minimum absolute atomic E-state index is 0.210. The van der Waals surface area contributed by atoms with E-state index in [0.29, 0.717) is 24.5 Å². The molecule has 0 spiro atoms. The summed E-state index contributed by atoms with van der Waals surface area (Å²) in [6.07, 6.45) is 3.21. The highest BCUT2D eigenvalue weighted by Crippen LogP contribution is 2.32. The van der Waals surface area contributed by atoms with Crippen molar-refractivity contribution in [3.63, 3.8) is 0 Å². The third-order valence-electron chi connectivity index (χ3n) is 3.22. The first-order valence-corrected chi connectivity index (χ1v) is 5.89. The van der Waals surface area contributed by atoms with Crippen molar-refractivity contribution in [2.45, 2.75) is 38.3 Å². The predicted octanol–water partition coefficient (Wildman–Crippen LogP) is 0.280. The molecule has 2 N–H and O–H groups in total. The molecule has 1 amide bonds. The Morgan fingerprint density at radius 1 is 1.47 bits per heavy atom. The molecule has 1 saturated carbocycles. The smallest absolute Gasteiger partial charge is 0.220 e. The van der Waals surface area contributed by atoms with Gasteiger partial charge in [-0.1, -0.05) is 0 Å². The van der Waals surface area contributed by atoms with E-state index in [1.165, 1.54) is 0 Å². The zero-order valence-electron chi connectivity index (χ0n) is 9.29. The van der Waals surface area contributed by atoms with E-state index in [9.17, 15) is 4.79 Å². The molecule has 2 rings (SSSR count). The highest BCUT2D eigenvalue weighted by Gasteiger charge is 2.31. The van der Waals surface area contributed by atoms with Crippen LogP contribution < -0.4 is 10.6 Å². The average molecular weight is 212 g/mol. The van der Waals surface area contributed by atoms with Gasteiger partial charge in [-0.2, -0.15) is 0 Å². The van der Waals surface area contributed by atoms with Gasteiger partial charge in [-0.05, 0) is 25.7 Å². The molecule has 4 nitrogen and oxygen atoms in total.